The van der Waals surface area contributed by atoms with Crippen molar-refractivity contribution in [2.45, 2.75) is 0 Å². The Morgan fingerprint density at radius 1 is 1.19 bits per heavy atom. The number of rotatable bonds is 3. The van der Waals surface area contributed by atoms with E-state index in [-0.39, 0.29) is 11.8 Å². The van der Waals surface area contributed by atoms with Crippen LogP contribution < -0.4 is 16.0 Å². The summed E-state index contributed by atoms with van der Waals surface area (Å²) in [7, 11) is 2.08. The van der Waals surface area contributed by atoms with Crippen molar-refractivity contribution >= 4 is 44.7 Å². The number of nitrogens with zero attached hydrogens (tertiary/aromatic N) is 3. The minimum absolute atomic E-state index is 0.112. The van der Waals surface area contributed by atoms with Crippen LogP contribution in [-0.2, 0) is 4.79 Å². The van der Waals surface area contributed by atoms with Crippen LogP contribution in [0.2, 0.25) is 0 Å². The van der Waals surface area contributed by atoms with E-state index in [1.807, 2.05) is 24.3 Å². The highest BCUT2D eigenvalue weighted by Gasteiger charge is 2.24. The molecule has 2 aliphatic heterocycles. The predicted molar refractivity (Wildman–Crippen MR) is 102 cm³/mol. The van der Waals surface area contributed by atoms with Gasteiger partial charge in [0.2, 0.25) is 5.91 Å². The van der Waals surface area contributed by atoms with Crippen molar-refractivity contribution in [2.24, 2.45) is 0 Å². The second-order valence-electron chi connectivity index (χ2n) is 6.45. The number of amides is 2. The summed E-state index contributed by atoms with van der Waals surface area (Å²) in [6.45, 7) is 4.00. The van der Waals surface area contributed by atoms with E-state index in [2.05, 4.69) is 37.8 Å². The van der Waals surface area contributed by atoms with E-state index in [4.69, 9.17) is 0 Å². The number of nitrogens with one attached hydrogen (secondary N) is 3. The molecule has 136 valence electrons. The third kappa shape index (κ3) is 3.55. The van der Waals surface area contributed by atoms with Crippen LogP contribution >= 0.6 is 11.3 Å². The highest BCUT2D eigenvalue weighted by atomic mass is 32.1. The molecule has 26 heavy (non-hydrogen) atoms. The summed E-state index contributed by atoms with van der Waals surface area (Å²) in [6, 6.07) is 7.46. The lowest BCUT2D eigenvalue weighted by Gasteiger charge is -2.31. The zero-order chi connectivity index (χ0) is 18.1. The summed E-state index contributed by atoms with van der Waals surface area (Å²) in [6.07, 6.45) is 0. The first kappa shape index (κ1) is 17.0. The molecule has 1 fully saturated rings. The van der Waals surface area contributed by atoms with E-state index in [0.717, 1.165) is 31.9 Å². The summed E-state index contributed by atoms with van der Waals surface area (Å²) < 4.78 is 0. The average Bonchev–Trinajstić information content (AvgIpc) is 2.95. The lowest BCUT2D eigenvalue weighted by atomic mass is 10.2. The highest BCUT2D eigenvalue weighted by Crippen LogP contribution is 2.36. The van der Waals surface area contributed by atoms with Gasteiger partial charge in [-0.15, -0.1) is 0 Å². The molecule has 9 heteroatoms. The van der Waals surface area contributed by atoms with E-state index in [1.165, 1.54) is 11.3 Å². The molecule has 2 amide bonds. The fraction of sp³-hybridized carbons (Fsp3) is 0.353. The number of carbonyl (C=O) groups excluding carboxylic acids is 2. The van der Waals surface area contributed by atoms with Crippen molar-refractivity contribution in [3.05, 3.63) is 30.0 Å². The molecule has 2 aliphatic rings. The molecule has 0 radical (unpaired) electrons. The Kier molecular flexibility index (Phi) is 4.58. The van der Waals surface area contributed by atoms with Gasteiger partial charge in [0.15, 0.2) is 10.8 Å². The number of hydrogen-bond donors (Lipinski definition) is 3. The fourth-order valence-electron chi connectivity index (χ4n) is 2.99. The van der Waals surface area contributed by atoms with Crippen molar-refractivity contribution in [3.8, 4) is 0 Å². The number of para-hydroxylation sites is 2. The molecular formula is C17H20N6O2S. The number of fused-ring (bicyclic) bond motifs is 2. The van der Waals surface area contributed by atoms with Gasteiger partial charge < -0.3 is 20.9 Å². The Bertz CT molecular complexity index is 844. The predicted octanol–water partition coefficient (Wildman–Crippen LogP) is 1.64. The molecular weight excluding hydrogens is 352 g/mol. The number of piperazine rings is 1. The van der Waals surface area contributed by atoms with Gasteiger partial charge in [-0.2, -0.15) is 0 Å². The zero-order valence-corrected chi connectivity index (χ0v) is 15.2. The van der Waals surface area contributed by atoms with Gasteiger partial charge in [-0.3, -0.25) is 14.5 Å². The van der Waals surface area contributed by atoms with Gasteiger partial charge in [-0.05, 0) is 19.2 Å². The van der Waals surface area contributed by atoms with Gasteiger partial charge in [0.1, 0.15) is 5.00 Å². The van der Waals surface area contributed by atoms with Crippen LogP contribution in [0.5, 0.6) is 0 Å². The SMILES string of the molecule is CN1CCN(CC(=O)Nc2nc3c(s2)Nc2ccccc2NC3=O)CC1. The van der Waals surface area contributed by atoms with E-state index in [1.54, 1.807) is 0 Å². The number of likely N-dealkylation sites (N-methyl/N-ethyl adjacent to an activating group) is 1. The lowest BCUT2D eigenvalue weighted by Crippen LogP contribution is -2.47. The van der Waals surface area contributed by atoms with Crippen molar-refractivity contribution in [3.63, 3.8) is 0 Å². The maximum absolute atomic E-state index is 12.4. The van der Waals surface area contributed by atoms with Gasteiger partial charge in [0.05, 0.1) is 17.9 Å². The van der Waals surface area contributed by atoms with Crippen LogP contribution in [0.4, 0.5) is 21.5 Å². The summed E-state index contributed by atoms with van der Waals surface area (Å²) in [5, 5.41) is 9.92. The van der Waals surface area contributed by atoms with E-state index in [0.29, 0.717) is 28.1 Å². The van der Waals surface area contributed by atoms with Gasteiger partial charge in [-0.1, -0.05) is 23.5 Å². The molecule has 1 saturated heterocycles. The maximum Gasteiger partial charge on any atom is 0.277 e. The Morgan fingerprint density at radius 3 is 2.62 bits per heavy atom. The second kappa shape index (κ2) is 7.02. The molecule has 0 aliphatic carbocycles. The third-order valence-electron chi connectivity index (χ3n) is 4.48. The third-order valence-corrected chi connectivity index (χ3v) is 5.36. The number of hydrogen-bond acceptors (Lipinski definition) is 7. The van der Waals surface area contributed by atoms with Crippen LogP contribution in [-0.4, -0.2) is 66.4 Å². The van der Waals surface area contributed by atoms with Gasteiger partial charge in [0.25, 0.3) is 5.91 Å². The Hall–Kier alpha value is -2.49. The van der Waals surface area contributed by atoms with E-state index in [9.17, 15) is 9.59 Å². The molecule has 3 heterocycles. The summed E-state index contributed by atoms with van der Waals surface area (Å²) in [5.74, 6) is -0.396. The van der Waals surface area contributed by atoms with E-state index < -0.39 is 0 Å². The molecule has 0 saturated carbocycles. The van der Waals surface area contributed by atoms with Crippen molar-refractivity contribution < 1.29 is 9.59 Å². The molecule has 3 N–H and O–H groups in total. The van der Waals surface area contributed by atoms with Crippen LogP contribution in [0.15, 0.2) is 24.3 Å². The molecule has 1 aromatic carbocycles. The van der Waals surface area contributed by atoms with Crippen LogP contribution in [0.25, 0.3) is 0 Å². The largest absolute Gasteiger partial charge is 0.343 e. The Balaban J connectivity index is 1.45. The monoisotopic (exact) mass is 372 g/mol. The van der Waals surface area contributed by atoms with E-state index >= 15 is 0 Å². The molecule has 2 aromatic rings. The smallest absolute Gasteiger partial charge is 0.277 e. The quantitative estimate of drug-likeness (QED) is 0.759. The van der Waals surface area contributed by atoms with Crippen molar-refractivity contribution in [2.75, 3.05) is 55.7 Å². The Labute approximate surface area is 155 Å². The molecule has 4 rings (SSSR count). The van der Waals surface area contributed by atoms with Crippen LogP contribution in [0.1, 0.15) is 10.5 Å². The average molecular weight is 372 g/mol. The molecule has 0 atom stereocenters. The van der Waals surface area contributed by atoms with Crippen LogP contribution in [0.3, 0.4) is 0 Å². The number of carbonyl (C=O) groups is 2. The van der Waals surface area contributed by atoms with Gasteiger partial charge in [-0.25, -0.2) is 4.98 Å². The summed E-state index contributed by atoms with van der Waals surface area (Å²) in [5.41, 5.74) is 1.81. The number of aromatic nitrogens is 1. The van der Waals surface area contributed by atoms with Crippen LogP contribution in [0, 0.1) is 0 Å². The standard InChI is InChI=1S/C17H20N6O2S/c1-22-6-8-23(9-7-22)10-13(24)20-17-21-14-15(25)18-11-4-2-3-5-12(11)19-16(14)26-17/h2-5,19H,6-10H2,1H3,(H,18,25)(H,20,21,24). The normalized spacial score (nSPS) is 17.5. The first-order valence-corrected chi connectivity index (χ1v) is 9.29. The molecule has 0 bridgehead atoms. The second-order valence-corrected chi connectivity index (χ2v) is 7.45. The maximum atomic E-state index is 12.4. The minimum Gasteiger partial charge on any atom is -0.343 e. The lowest BCUT2D eigenvalue weighted by molar-refractivity contribution is -0.117. The molecule has 0 spiro atoms. The van der Waals surface area contributed by atoms with Gasteiger partial charge in [0, 0.05) is 26.2 Å². The molecule has 8 nitrogen and oxygen atoms in total. The topological polar surface area (TPSA) is 89.6 Å². The fourth-order valence-corrected chi connectivity index (χ4v) is 3.88. The first-order chi connectivity index (χ1) is 12.6. The zero-order valence-electron chi connectivity index (χ0n) is 14.4. The van der Waals surface area contributed by atoms with Gasteiger partial charge >= 0.3 is 0 Å². The summed E-state index contributed by atoms with van der Waals surface area (Å²) in [4.78, 5) is 33.4. The first-order valence-electron chi connectivity index (χ1n) is 8.47. The van der Waals surface area contributed by atoms with Crippen molar-refractivity contribution in [1.82, 2.24) is 14.8 Å². The summed E-state index contributed by atoms with van der Waals surface area (Å²) >= 11 is 1.26. The number of anilines is 4. The minimum atomic E-state index is -0.284. The number of benzene rings is 1. The molecule has 0 unspecified atom stereocenters. The van der Waals surface area contributed by atoms with Crippen molar-refractivity contribution in [1.29, 1.82) is 0 Å². The Morgan fingerprint density at radius 2 is 1.88 bits per heavy atom. The highest BCUT2D eigenvalue weighted by molar-refractivity contribution is 7.20. The molecule has 1 aromatic heterocycles. The number of thiazole rings is 1.